The summed E-state index contributed by atoms with van der Waals surface area (Å²) in [6.07, 6.45) is -1.92. The van der Waals surface area contributed by atoms with Crippen molar-refractivity contribution in [1.82, 2.24) is 5.32 Å². The SMILES string of the molecule is CCCC(C)C(C)CNCC(F)(F)F. The first-order valence-corrected chi connectivity index (χ1v) is 5.14. The van der Waals surface area contributed by atoms with Gasteiger partial charge in [-0.1, -0.05) is 33.6 Å². The Hall–Kier alpha value is -0.250. The van der Waals surface area contributed by atoms with Gasteiger partial charge in [-0.2, -0.15) is 13.2 Å². The van der Waals surface area contributed by atoms with Crippen LogP contribution < -0.4 is 5.32 Å². The summed E-state index contributed by atoms with van der Waals surface area (Å²) in [5.41, 5.74) is 0. The Labute approximate surface area is 84.1 Å². The van der Waals surface area contributed by atoms with Gasteiger partial charge >= 0.3 is 6.18 Å². The molecule has 1 N–H and O–H groups in total. The molecule has 0 aromatic heterocycles. The molecule has 4 heteroatoms. The zero-order valence-electron chi connectivity index (χ0n) is 9.12. The average molecular weight is 211 g/mol. The zero-order chi connectivity index (χ0) is 11.2. The van der Waals surface area contributed by atoms with Gasteiger partial charge in [0, 0.05) is 0 Å². The highest BCUT2D eigenvalue weighted by Gasteiger charge is 2.26. The molecule has 0 heterocycles. The van der Waals surface area contributed by atoms with Gasteiger partial charge in [0.15, 0.2) is 0 Å². The highest BCUT2D eigenvalue weighted by Crippen LogP contribution is 2.17. The van der Waals surface area contributed by atoms with Crippen molar-refractivity contribution in [1.29, 1.82) is 0 Å². The molecule has 0 rings (SSSR count). The van der Waals surface area contributed by atoms with Crippen molar-refractivity contribution in [2.45, 2.75) is 39.8 Å². The quantitative estimate of drug-likeness (QED) is 0.711. The van der Waals surface area contributed by atoms with E-state index in [2.05, 4.69) is 19.2 Å². The number of nitrogens with one attached hydrogen (secondary N) is 1. The molecule has 2 atom stereocenters. The van der Waals surface area contributed by atoms with Crippen LogP contribution in [0.4, 0.5) is 13.2 Å². The molecule has 1 nitrogen and oxygen atoms in total. The molecular formula is C10H20F3N. The summed E-state index contributed by atoms with van der Waals surface area (Å²) in [6.45, 7) is 5.73. The summed E-state index contributed by atoms with van der Waals surface area (Å²) in [5, 5.41) is 2.44. The Morgan fingerprint density at radius 1 is 1.14 bits per heavy atom. The van der Waals surface area contributed by atoms with Gasteiger partial charge in [0.1, 0.15) is 0 Å². The molecule has 0 bridgehead atoms. The lowest BCUT2D eigenvalue weighted by Gasteiger charge is -2.20. The van der Waals surface area contributed by atoms with Gasteiger partial charge in [0.2, 0.25) is 0 Å². The third-order valence-electron chi connectivity index (χ3n) is 2.51. The minimum Gasteiger partial charge on any atom is -0.308 e. The van der Waals surface area contributed by atoms with E-state index < -0.39 is 12.7 Å². The monoisotopic (exact) mass is 211 g/mol. The van der Waals surface area contributed by atoms with Crippen LogP contribution in [-0.2, 0) is 0 Å². The van der Waals surface area contributed by atoms with Gasteiger partial charge in [0.05, 0.1) is 6.54 Å². The molecule has 2 unspecified atom stereocenters. The van der Waals surface area contributed by atoms with E-state index in [4.69, 9.17) is 0 Å². The van der Waals surface area contributed by atoms with Gasteiger partial charge < -0.3 is 5.32 Å². The van der Waals surface area contributed by atoms with Gasteiger partial charge in [-0.3, -0.25) is 0 Å². The van der Waals surface area contributed by atoms with E-state index in [-0.39, 0.29) is 0 Å². The van der Waals surface area contributed by atoms with E-state index >= 15 is 0 Å². The lowest BCUT2D eigenvalue weighted by atomic mass is 9.92. The maximum Gasteiger partial charge on any atom is 0.401 e. The number of alkyl halides is 3. The van der Waals surface area contributed by atoms with Gasteiger partial charge in [-0.15, -0.1) is 0 Å². The van der Waals surface area contributed by atoms with Crippen LogP contribution in [0.15, 0.2) is 0 Å². The predicted octanol–water partition coefficient (Wildman–Crippen LogP) is 3.21. The second kappa shape index (κ2) is 6.27. The fraction of sp³-hybridized carbons (Fsp3) is 1.00. The molecule has 0 aliphatic carbocycles. The van der Waals surface area contributed by atoms with Crippen molar-refractivity contribution in [2.24, 2.45) is 11.8 Å². The second-order valence-corrected chi connectivity index (χ2v) is 3.99. The molecule has 0 aliphatic rings. The maximum atomic E-state index is 11.8. The first-order valence-electron chi connectivity index (χ1n) is 5.14. The molecule has 14 heavy (non-hydrogen) atoms. The van der Waals surface area contributed by atoms with E-state index in [0.29, 0.717) is 18.4 Å². The van der Waals surface area contributed by atoms with E-state index in [1.54, 1.807) is 0 Å². The normalized spacial score (nSPS) is 16.7. The molecule has 0 saturated carbocycles. The van der Waals surface area contributed by atoms with Crippen molar-refractivity contribution in [2.75, 3.05) is 13.1 Å². The van der Waals surface area contributed by atoms with Crippen molar-refractivity contribution in [3.63, 3.8) is 0 Å². The highest BCUT2D eigenvalue weighted by atomic mass is 19.4. The molecule has 0 fully saturated rings. The minimum absolute atomic E-state index is 0.303. The molecule has 0 radical (unpaired) electrons. The minimum atomic E-state index is -4.09. The molecule has 0 amide bonds. The highest BCUT2D eigenvalue weighted by molar-refractivity contribution is 4.65. The number of rotatable bonds is 6. The van der Waals surface area contributed by atoms with Crippen LogP contribution in [0.2, 0.25) is 0 Å². The van der Waals surface area contributed by atoms with Crippen molar-refractivity contribution < 1.29 is 13.2 Å². The Bertz CT molecular complexity index is 145. The smallest absolute Gasteiger partial charge is 0.308 e. The van der Waals surface area contributed by atoms with E-state index in [0.717, 1.165) is 12.8 Å². The van der Waals surface area contributed by atoms with Gasteiger partial charge in [0.25, 0.3) is 0 Å². The third-order valence-corrected chi connectivity index (χ3v) is 2.51. The predicted molar refractivity (Wildman–Crippen MR) is 52.2 cm³/mol. The van der Waals surface area contributed by atoms with Crippen molar-refractivity contribution in [3.05, 3.63) is 0 Å². The summed E-state index contributed by atoms with van der Waals surface area (Å²) in [5.74, 6) is 0.790. The summed E-state index contributed by atoms with van der Waals surface area (Å²) >= 11 is 0. The maximum absolute atomic E-state index is 11.8. The summed E-state index contributed by atoms with van der Waals surface area (Å²) in [4.78, 5) is 0. The van der Waals surface area contributed by atoms with Crippen LogP contribution in [-0.4, -0.2) is 19.3 Å². The largest absolute Gasteiger partial charge is 0.401 e. The van der Waals surface area contributed by atoms with Crippen LogP contribution in [0.25, 0.3) is 0 Å². The molecule has 0 saturated heterocycles. The van der Waals surface area contributed by atoms with Crippen LogP contribution >= 0.6 is 0 Å². The fourth-order valence-corrected chi connectivity index (χ4v) is 1.38. The molecule has 0 aromatic carbocycles. The Kier molecular flexibility index (Phi) is 6.16. The van der Waals surface area contributed by atoms with E-state index in [1.165, 1.54) is 0 Å². The van der Waals surface area contributed by atoms with Crippen molar-refractivity contribution >= 4 is 0 Å². The summed E-state index contributed by atoms with van der Waals surface area (Å²) < 4.78 is 35.4. The fourth-order valence-electron chi connectivity index (χ4n) is 1.38. The summed E-state index contributed by atoms with van der Waals surface area (Å²) in [7, 11) is 0. The van der Waals surface area contributed by atoms with Crippen molar-refractivity contribution in [3.8, 4) is 0 Å². The third kappa shape index (κ3) is 7.18. The standard InChI is InChI=1S/C10H20F3N/c1-4-5-8(2)9(3)6-14-7-10(11,12)13/h8-9,14H,4-7H2,1-3H3. The zero-order valence-corrected chi connectivity index (χ0v) is 9.12. The molecular weight excluding hydrogens is 191 g/mol. The van der Waals surface area contributed by atoms with Gasteiger partial charge in [-0.25, -0.2) is 0 Å². The summed E-state index contributed by atoms with van der Waals surface area (Å²) in [6, 6.07) is 0. The van der Waals surface area contributed by atoms with E-state index in [9.17, 15) is 13.2 Å². The molecule has 0 aliphatic heterocycles. The topological polar surface area (TPSA) is 12.0 Å². The van der Waals surface area contributed by atoms with Crippen LogP contribution in [0.5, 0.6) is 0 Å². The van der Waals surface area contributed by atoms with Gasteiger partial charge in [-0.05, 0) is 18.4 Å². The average Bonchev–Trinajstić information content (AvgIpc) is 2.02. The van der Waals surface area contributed by atoms with Crippen LogP contribution in [0.1, 0.15) is 33.6 Å². The molecule has 0 aromatic rings. The first-order chi connectivity index (χ1) is 6.37. The molecule has 0 spiro atoms. The Morgan fingerprint density at radius 2 is 1.71 bits per heavy atom. The number of halogens is 3. The second-order valence-electron chi connectivity index (χ2n) is 3.99. The van der Waals surface area contributed by atoms with Crippen LogP contribution in [0, 0.1) is 11.8 Å². The lowest BCUT2D eigenvalue weighted by Crippen LogP contribution is -2.33. The molecule has 86 valence electrons. The number of hydrogen-bond donors (Lipinski definition) is 1. The van der Waals surface area contributed by atoms with E-state index in [1.807, 2.05) is 6.92 Å². The Morgan fingerprint density at radius 3 is 2.14 bits per heavy atom. The Balaban J connectivity index is 3.58. The first kappa shape index (κ1) is 13.8. The van der Waals surface area contributed by atoms with Crippen LogP contribution in [0.3, 0.4) is 0 Å². The lowest BCUT2D eigenvalue weighted by molar-refractivity contribution is -0.125. The number of hydrogen-bond acceptors (Lipinski definition) is 1.